The smallest absolute Gasteiger partial charge is 0.292 e. The van der Waals surface area contributed by atoms with Crippen LogP contribution in [0.15, 0.2) is 72.8 Å². The second-order valence-electron chi connectivity index (χ2n) is 6.92. The summed E-state index contributed by atoms with van der Waals surface area (Å²) in [5, 5.41) is 14.7. The lowest BCUT2D eigenvalue weighted by molar-refractivity contribution is -0.383. The minimum Gasteiger partial charge on any atom is -0.370 e. The van der Waals surface area contributed by atoms with Crippen molar-refractivity contribution >= 4 is 46.0 Å². The predicted molar refractivity (Wildman–Crippen MR) is 127 cm³/mol. The van der Waals surface area contributed by atoms with E-state index >= 15 is 0 Å². The summed E-state index contributed by atoms with van der Waals surface area (Å²) < 4.78 is 0. The fourth-order valence-electron chi connectivity index (χ4n) is 3.27. The molecule has 7 nitrogen and oxygen atoms in total. The number of para-hydroxylation sites is 4. The third-order valence-electron chi connectivity index (χ3n) is 4.78. The van der Waals surface area contributed by atoms with E-state index in [-0.39, 0.29) is 17.2 Å². The number of nitro benzene ring substituents is 1. The van der Waals surface area contributed by atoms with Crippen LogP contribution in [-0.4, -0.2) is 15.9 Å². The molecule has 0 unspecified atom stereocenters. The van der Waals surface area contributed by atoms with Gasteiger partial charge in [-0.05, 0) is 54.9 Å². The van der Waals surface area contributed by atoms with Crippen molar-refractivity contribution < 1.29 is 9.72 Å². The SMILES string of the molecule is Cc1ccccc1N(C(=S)Nc1ccccc1[N+](=O)[O-])c1ccccc1CCC(N)=O. The van der Waals surface area contributed by atoms with Gasteiger partial charge in [0.2, 0.25) is 5.91 Å². The molecule has 0 spiro atoms. The van der Waals surface area contributed by atoms with E-state index in [4.69, 9.17) is 18.0 Å². The molecule has 0 heterocycles. The number of aryl methyl sites for hydroxylation is 2. The molecular formula is C23H22N4O3S. The molecular weight excluding hydrogens is 412 g/mol. The zero-order valence-electron chi connectivity index (χ0n) is 16.9. The van der Waals surface area contributed by atoms with Crippen LogP contribution < -0.4 is 16.0 Å². The molecule has 8 heteroatoms. The molecule has 0 aliphatic rings. The highest BCUT2D eigenvalue weighted by Gasteiger charge is 2.22. The second-order valence-corrected chi connectivity index (χ2v) is 7.31. The fourth-order valence-corrected chi connectivity index (χ4v) is 3.58. The largest absolute Gasteiger partial charge is 0.370 e. The molecule has 0 aromatic heterocycles. The number of rotatable bonds is 7. The minimum absolute atomic E-state index is 0.0726. The summed E-state index contributed by atoms with van der Waals surface area (Å²) in [7, 11) is 0. The van der Waals surface area contributed by atoms with Crippen molar-refractivity contribution in [1.29, 1.82) is 0 Å². The van der Waals surface area contributed by atoms with Crippen LogP contribution in [0.3, 0.4) is 0 Å². The number of carbonyl (C=O) groups excluding carboxylic acids is 1. The number of carbonyl (C=O) groups is 1. The van der Waals surface area contributed by atoms with Crippen molar-refractivity contribution in [2.24, 2.45) is 5.73 Å². The summed E-state index contributed by atoms with van der Waals surface area (Å²) in [5.74, 6) is -0.391. The second kappa shape index (κ2) is 9.82. The predicted octanol–water partition coefficient (Wildman–Crippen LogP) is 4.86. The molecule has 31 heavy (non-hydrogen) atoms. The van der Waals surface area contributed by atoms with Crippen molar-refractivity contribution in [3.8, 4) is 0 Å². The standard InChI is InChI=1S/C23H22N4O3S/c1-16-8-2-5-11-19(16)26(20-12-6-3-9-17(20)14-15-22(24)28)23(31)25-18-10-4-7-13-21(18)27(29)30/h2-13H,14-15H2,1H3,(H2,24,28)(H,25,31). The number of primary amides is 1. The van der Waals surface area contributed by atoms with E-state index in [1.807, 2.05) is 60.4 Å². The van der Waals surface area contributed by atoms with E-state index in [0.29, 0.717) is 12.1 Å². The maximum atomic E-state index is 11.4. The number of nitrogens with two attached hydrogens (primary N) is 1. The first kappa shape index (κ1) is 21.9. The number of hydrogen-bond acceptors (Lipinski definition) is 4. The third kappa shape index (κ3) is 5.23. The van der Waals surface area contributed by atoms with Crippen molar-refractivity contribution in [1.82, 2.24) is 0 Å². The minimum atomic E-state index is -0.455. The Morgan fingerprint density at radius 3 is 2.32 bits per heavy atom. The number of thiocarbonyl (C=S) groups is 1. The van der Waals surface area contributed by atoms with Gasteiger partial charge in [0, 0.05) is 12.5 Å². The number of benzene rings is 3. The van der Waals surface area contributed by atoms with Crippen molar-refractivity contribution in [2.45, 2.75) is 19.8 Å². The zero-order chi connectivity index (χ0) is 22.4. The van der Waals surface area contributed by atoms with Crippen LogP contribution in [0.25, 0.3) is 0 Å². The molecule has 0 saturated carbocycles. The van der Waals surface area contributed by atoms with Crippen molar-refractivity contribution in [3.63, 3.8) is 0 Å². The first-order valence-corrected chi connectivity index (χ1v) is 10.1. The first-order valence-electron chi connectivity index (χ1n) is 9.65. The van der Waals surface area contributed by atoms with E-state index in [0.717, 1.165) is 22.5 Å². The van der Waals surface area contributed by atoms with Gasteiger partial charge in [0.05, 0.1) is 16.3 Å². The number of nitrogens with zero attached hydrogens (tertiary/aromatic N) is 2. The van der Waals surface area contributed by atoms with Crippen molar-refractivity contribution in [3.05, 3.63) is 94.0 Å². The highest BCUT2D eigenvalue weighted by atomic mass is 32.1. The molecule has 158 valence electrons. The lowest BCUT2D eigenvalue weighted by Crippen LogP contribution is -2.32. The Balaban J connectivity index is 2.07. The molecule has 0 radical (unpaired) electrons. The van der Waals surface area contributed by atoms with Gasteiger partial charge in [-0.15, -0.1) is 0 Å². The summed E-state index contributed by atoms with van der Waals surface area (Å²) in [4.78, 5) is 24.2. The van der Waals surface area contributed by atoms with E-state index in [1.54, 1.807) is 18.2 Å². The topological polar surface area (TPSA) is 102 Å². The van der Waals surface area contributed by atoms with E-state index in [1.165, 1.54) is 6.07 Å². The van der Waals surface area contributed by atoms with E-state index in [2.05, 4.69) is 5.32 Å². The lowest BCUT2D eigenvalue weighted by atomic mass is 10.0. The molecule has 3 rings (SSSR count). The molecule has 3 aromatic carbocycles. The molecule has 3 aromatic rings. The highest BCUT2D eigenvalue weighted by Crippen LogP contribution is 2.33. The van der Waals surface area contributed by atoms with Gasteiger partial charge in [-0.25, -0.2) is 0 Å². The summed E-state index contributed by atoms with van der Waals surface area (Å²) >= 11 is 5.72. The molecule has 3 N–H and O–H groups in total. The number of nitrogens with one attached hydrogen (secondary N) is 1. The lowest BCUT2D eigenvalue weighted by Gasteiger charge is -2.29. The van der Waals surface area contributed by atoms with Gasteiger partial charge in [-0.2, -0.15) is 0 Å². The molecule has 0 aliphatic heterocycles. The number of anilines is 3. The van der Waals surface area contributed by atoms with Gasteiger partial charge in [0.25, 0.3) is 5.69 Å². The van der Waals surface area contributed by atoms with Gasteiger partial charge in [-0.1, -0.05) is 48.5 Å². The van der Waals surface area contributed by atoms with Crippen LogP contribution in [-0.2, 0) is 11.2 Å². The molecule has 0 aliphatic carbocycles. The van der Waals surface area contributed by atoms with Gasteiger partial charge >= 0.3 is 0 Å². The molecule has 0 saturated heterocycles. The zero-order valence-corrected chi connectivity index (χ0v) is 17.8. The Bertz CT molecular complexity index is 1130. The maximum Gasteiger partial charge on any atom is 0.292 e. The highest BCUT2D eigenvalue weighted by molar-refractivity contribution is 7.80. The Kier molecular flexibility index (Phi) is 6.94. The first-order chi connectivity index (χ1) is 14.9. The molecule has 0 bridgehead atoms. The molecule has 0 fully saturated rings. The molecule has 0 atom stereocenters. The number of hydrogen-bond donors (Lipinski definition) is 2. The Hall–Kier alpha value is -3.78. The quantitative estimate of drug-likeness (QED) is 0.313. The van der Waals surface area contributed by atoms with Crippen LogP contribution in [0.4, 0.5) is 22.7 Å². The van der Waals surface area contributed by atoms with Gasteiger partial charge in [0.1, 0.15) is 5.69 Å². The van der Waals surface area contributed by atoms with Crippen molar-refractivity contribution in [2.75, 3.05) is 10.2 Å². The van der Waals surface area contributed by atoms with Crippen LogP contribution >= 0.6 is 12.2 Å². The molecule has 1 amide bonds. The van der Waals surface area contributed by atoms with Crippen LogP contribution in [0.5, 0.6) is 0 Å². The fraction of sp³-hybridized carbons (Fsp3) is 0.130. The Morgan fingerprint density at radius 2 is 1.65 bits per heavy atom. The average Bonchev–Trinajstić information content (AvgIpc) is 2.74. The normalized spacial score (nSPS) is 10.4. The number of amides is 1. The number of nitro groups is 1. The Morgan fingerprint density at radius 1 is 1.03 bits per heavy atom. The van der Waals surface area contributed by atoms with Crippen LogP contribution in [0, 0.1) is 17.0 Å². The summed E-state index contributed by atoms with van der Waals surface area (Å²) in [6, 6.07) is 21.6. The maximum absolute atomic E-state index is 11.4. The summed E-state index contributed by atoms with van der Waals surface area (Å²) in [6.45, 7) is 1.96. The van der Waals surface area contributed by atoms with Crippen LogP contribution in [0.1, 0.15) is 17.5 Å². The van der Waals surface area contributed by atoms with Gasteiger partial charge in [0.15, 0.2) is 5.11 Å². The van der Waals surface area contributed by atoms with E-state index in [9.17, 15) is 14.9 Å². The third-order valence-corrected chi connectivity index (χ3v) is 5.06. The summed E-state index contributed by atoms with van der Waals surface area (Å²) in [5.41, 5.74) is 9.03. The van der Waals surface area contributed by atoms with Crippen LogP contribution in [0.2, 0.25) is 0 Å². The summed E-state index contributed by atoms with van der Waals surface area (Å²) in [6.07, 6.45) is 0.644. The van der Waals surface area contributed by atoms with E-state index < -0.39 is 10.8 Å². The Labute approximate surface area is 185 Å². The van der Waals surface area contributed by atoms with Gasteiger partial charge < -0.3 is 11.1 Å². The van der Waals surface area contributed by atoms with Gasteiger partial charge in [-0.3, -0.25) is 19.8 Å². The average molecular weight is 435 g/mol. The monoisotopic (exact) mass is 434 g/mol.